The topological polar surface area (TPSA) is 79.3 Å². The average molecular weight is 775 g/mol. The van der Waals surface area contributed by atoms with Gasteiger partial charge < -0.3 is 24.4 Å². The van der Waals surface area contributed by atoms with Crippen LogP contribution in [0.2, 0.25) is 0 Å². The Labute approximate surface area is 341 Å². The van der Waals surface area contributed by atoms with Gasteiger partial charge in [0.15, 0.2) is 6.29 Å². The van der Waals surface area contributed by atoms with E-state index >= 15 is 0 Å². The van der Waals surface area contributed by atoms with E-state index in [2.05, 4.69) is 58.0 Å². The number of hydrogen-bond acceptors (Lipinski definition) is 5. The number of amides is 2. The number of aliphatic hydroxyl groups is 1. The van der Waals surface area contributed by atoms with Crippen LogP contribution in [-0.4, -0.2) is 52.9 Å². The van der Waals surface area contributed by atoms with Crippen LogP contribution in [0.3, 0.4) is 0 Å². The van der Waals surface area contributed by atoms with Crippen molar-refractivity contribution in [2.45, 2.75) is 129 Å². The number of carbonyl (C=O) groups is 2. The maximum absolute atomic E-state index is 13.8. The third-order valence-electron chi connectivity index (χ3n) is 13.5. The minimum atomic E-state index is -1.20. The molecule has 4 aromatic carbocycles. The third kappa shape index (κ3) is 10.3. The number of ether oxygens (including phenoxy) is 2. The predicted octanol–water partition coefficient (Wildman–Crippen LogP) is 11.1. The van der Waals surface area contributed by atoms with Crippen molar-refractivity contribution in [1.29, 1.82) is 0 Å². The summed E-state index contributed by atoms with van der Waals surface area (Å²) in [5.41, 5.74) is 3.65. The van der Waals surface area contributed by atoms with Crippen LogP contribution in [-0.2, 0) is 19.1 Å². The molecule has 2 saturated carbocycles. The van der Waals surface area contributed by atoms with E-state index < -0.39 is 12.4 Å². The first-order valence-electron chi connectivity index (χ1n) is 21.6. The molecule has 6 unspecified atom stereocenters. The summed E-state index contributed by atoms with van der Waals surface area (Å²) in [6, 6.07) is 31.9. The summed E-state index contributed by atoms with van der Waals surface area (Å²) in [5, 5.41) is 13.6. The normalized spacial score (nSPS) is 23.2. The van der Waals surface area contributed by atoms with Crippen molar-refractivity contribution < 1.29 is 24.2 Å². The second kappa shape index (κ2) is 19.6. The Balaban J connectivity index is 1.16. The zero-order valence-electron chi connectivity index (χ0n) is 35.3. The van der Waals surface area contributed by atoms with E-state index in [1.165, 1.54) is 6.42 Å². The fourth-order valence-corrected chi connectivity index (χ4v) is 9.14. The summed E-state index contributed by atoms with van der Waals surface area (Å²) in [6.45, 7) is 10.7. The van der Waals surface area contributed by atoms with Gasteiger partial charge in [-0.15, -0.1) is 0 Å². The lowest BCUT2D eigenvalue weighted by molar-refractivity contribution is -0.167. The SMILES string of the molecule is CCC1CCC(C(=O)N(C)C(C)C(OC(C)c2ccc3cc(C(O)OC(c4ccccc4)C(C)N(C)C(=O)C4CCC(C)CC4)ccc3c2)c2ccccc2)CC1. The summed E-state index contributed by atoms with van der Waals surface area (Å²) < 4.78 is 13.4. The molecule has 57 heavy (non-hydrogen) atoms. The second-order valence-corrected chi connectivity index (χ2v) is 17.3. The first kappa shape index (κ1) is 42.6. The summed E-state index contributed by atoms with van der Waals surface area (Å²) in [7, 11) is 3.81. The van der Waals surface area contributed by atoms with Gasteiger partial charge in [-0.2, -0.15) is 0 Å². The highest BCUT2D eigenvalue weighted by atomic mass is 16.6. The second-order valence-electron chi connectivity index (χ2n) is 17.3. The van der Waals surface area contributed by atoms with E-state index in [0.717, 1.165) is 84.7 Å². The van der Waals surface area contributed by atoms with Gasteiger partial charge in [-0.25, -0.2) is 0 Å². The highest BCUT2D eigenvalue weighted by Crippen LogP contribution is 2.37. The van der Waals surface area contributed by atoms with Crippen LogP contribution >= 0.6 is 0 Å². The molecule has 0 radical (unpaired) electrons. The van der Waals surface area contributed by atoms with Crippen LogP contribution in [0.4, 0.5) is 0 Å². The minimum absolute atomic E-state index is 0.0341. The van der Waals surface area contributed by atoms with Crippen LogP contribution in [0.5, 0.6) is 0 Å². The minimum Gasteiger partial charge on any atom is -0.364 e. The number of rotatable bonds is 15. The summed E-state index contributed by atoms with van der Waals surface area (Å²) in [6.07, 6.45) is 7.11. The molecule has 0 saturated heterocycles. The van der Waals surface area contributed by atoms with E-state index in [1.807, 2.05) is 97.5 Å². The van der Waals surface area contributed by atoms with Crippen molar-refractivity contribution in [1.82, 2.24) is 9.80 Å². The number of likely N-dealkylation sites (N-methyl/N-ethyl adjacent to an activating group) is 2. The largest absolute Gasteiger partial charge is 0.364 e. The van der Waals surface area contributed by atoms with Gasteiger partial charge in [0, 0.05) is 31.5 Å². The molecule has 6 rings (SSSR count). The van der Waals surface area contributed by atoms with Gasteiger partial charge in [0.2, 0.25) is 11.8 Å². The van der Waals surface area contributed by atoms with Crippen molar-refractivity contribution >= 4 is 22.6 Å². The van der Waals surface area contributed by atoms with Crippen molar-refractivity contribution in [3.63, 3.8) is 0 Å². The predicted molar refractivity (Wildman–Crippen MR) is 229 cm³/mol. The number of benzene rings is 4. The third-order valence-corrected chi connectivity index (χ3v) is 13.5. The molecular formula is C50H66N2O5. The first-order valence-corrected chi connectivity index (χ1v) is 21.6. The molecule has 2 aliphatic rings. The Morgan fingerprint density at radius 3 is 1.54 bits per heavy atom. The molecule has 7 heteroatoms. The molecule has 0 aliphatic heterocycles. The number of hydrogen-bond donors (Lipinski definition) is 1. The molecule has 7 nitrogen and oxygen atoms in total. The molecule has 2 aliphatic carbocycles. The van der Waals surface area contributed by atoms with Gasteiger partial charge in [0.25, 0.3) is 0 Å². The Morgan fingerprint density at radius 2 is 1.05 bits per heavy atom. The van der Waals surface area contributed by atoms with E-state index in [0.29, 0.717) is 11.5 Å². The van der Waals surface area contributed by atoms with E-state index in [4.69, 9.17) is 9.47 Å². The van der Waals surface area contributed by atoms with E-state index in [-0.39, 0.29) is 47.9 Å². The van der Waals surface area contributed by atoms with Gasteiger partial charge in [-0.05, 0) is 124 Å². The Bertz CT molecular complexity index is 1890. The fraction of sp³-hybridized carbons (Fsp3) is 0.520. The molecule has 0 spiro atoms. The molecule has 306 valence electrons. The van der Waals surface area contributed by atoms with Gasteiger partial charge in [-0.3, -0.25) is 9.59 Å². The summed E-state index contributed by atoms with van der Waals surface area (Å²) >= 11 is 0. The van der Waals surface area contributed by atoms with Crippen molar-refractivity contribution in [2.24, 2.45) is 23.7 Å². The molecule has 2 amide bonds. The van der Waals surface area contributed by atoms with Gasteiger partial charge in [0.1, 0.15) is 12.2 Å². The lowest BCUT2D eigenvalue weighted by Crippen LogP contribution is -2.43. The van der Waals surface area contributed by atoms with E-state index in [1.54, 1.807) is 0 Å². The van der Waals surface area contributed by atoms with Gasteiger partial charge in [-0.1, -0.05) is 105 Å². The number of fused-ring (bicyclic) bond motifs is 1. The quantitative estimate of drug-likeness (QED) is 0.122. The molecular weight excluding hydrogens is 709 g/mol. The van der Waals surface area contributed by atoms with Crippen LogP contribution in [0.15, 0.2) is 97.1 Å². The molecule has 0 bridgehead atoms. The highest BCUT2D eigenvalue weighted by Gasteiger charge is 2.35. The van der Waals surface area contributed by atoms with Gasteiger partial charge in [0.05, 0.1) is 18.2 Å². The zero-order chi connectivity index (χ0) is 40.6. The fourth-order valence-electron chi connectivity index (χ4n) is 9.14. The molecule has 6 atom stereocenters. The maximum atomic E-state index is 13.8. The van der Waals surface area contributed by atoms with Crippen molar-refractivity contribution in [2.75, 3.05) is 14.1 Å². The number of carbonyl (C=O) groups excluding carboxylic acids is 2. The smallest absolute Gasteiger partial charge is 0.225 e. The summed E-state index contributed by atoms with van der Waals surface area (Å²) in [4.78, 5) is 31.2. The monoisotopic (exact) mass is 774 g/mol. The molecule has 1 N–H and O–H groups in total. The Morgan fingerprint density at radius 1 is 0.614 bits per heavy atom. The van der Waals surface area contributed by atoms with Crippen LogP contribution in [0, 0.1) is 23.7 Å². The molecule has 4 aromatic rings. The number of nitrogens with zero attached hydrogens (tertiary/aromatic N) is 2. The molecule has 0 aromatic heterocycles. The lowest BCUT2D eigenvalue weighted by Gasteiger charge is -2.37. The average Bonchev–Trinajstić information content (AvgIpc) is 3.26. The highest BCUT2D eigenvalue weighted by molar-refractivity contribution is 5.84. The maximum Gasteiger partial charge on any atom is 0.225 e. The van der Waals surface area contributed by atoms with Gasteiger partial charge >= 0.3 is 0 Å². The lowest BCUT2D eigenvalue weighted by atomic mass is 9.80. The standard InChI is InChI=1S/C50H66N2O5/c1-8-37-21-25-41(26-22-37)49(54)51(6)34(3)46(38-15-11-9-12-16-38)56-36(5)42-27-28-44-32-45(30-29-43(44)31-42)50(55)57-47(39-17-13-10-14-18-39)35(4)52(7)48(53)40-23-19-33(2)20-24-40/h9-18,27-37,40-41,46-47,50,55H,8,19-26H2,1-7H3. The van der Waals surface area contributed by atoms with Crippen molar-refractivity contribution in [3.8, 4) is 0 Å². The van der Waals surface area contributed by atoms with Crippen LogP contribution in [0.1, 0.15) is 139 Å². The molecule has 0 heterocycles. The number of aliphatic hydroxyl groups excluding tert-OH is 1. The van der Waals surface area contributed by atoms with Crippen molar-refractivity contribution in [3.05, 3.63) is 119 Å². The summed E-state index contributed by atoms with van der Waals surface area (Å²) in [5.74, 6) is 1.90. The van der Waals surface area contributed by atoms with Crippen LogP contribution in [0.25, 0.3) is 10.8 Å². The van der Waals surface area contributed by atoms with E-state index in [9.17, 15) is 14.7 Å². The first-order chi connectivity index (χ1) is 27.4. The molecule has 2 fully saturated rings. The Hall–Kier alpha value is -4.04. The zero-order valence-corrected chi connectivity index (χ0v) is 35.3. The Kier molecular flexibility index (Phi) is 14.6. The van der Waals surface area contributed by atoms with Crippen LogP contribution < -0.4 is 0 Å².